The number of hydrogen-bond acceptors (Lipinski definition) is 4. The number of hydrogen-bond donors (Lipinski definition) is 1. The molecule has 0 spiro atoms. The van der Waals surface area contributed by atoms with Gasteiger partial charge in [0.25, 0.3) is 0 Å². The van der Waals surface area contributed by atoms with Gasteiger partial charge in [0.15, 0.2) is 0 Å². The highest BCUT2D eigenvalue weighted by Gasteiger charge is 2.19. The van der Waals surface area contributed by atoms with Gasteiger partial charge in [-0.05, 0) is 26.0 Å². The van der Waals surface area contributed by atoms with E-state index >= 15 is 0 Å². The van der Waals surface area contributed by atoms with E-state index in [2.05, 4.69) is 30.2 Å². The van der Waals surface area contributed by atoms with E-state index in [1.807, 2.05) is 6.07 Å². The Kier molecular flexibility index (Phi) is 5.61. The smallest absolute Gasteiger partial charge is 0.218 e. The van der Waals surface area contributed by atoms with Crippen LogP contribution in [0.1, 0.15) is 44.7 Å². The second-order valence-corrected chi connectivity index (χ2v) is 5.00. The lowest BCUT2D eigenvalue weighted by Gasteiger charge is -2.25. The molecule has 1 N–H and O–H groups in total. The molecule has 1 unspecified atom stereocenters. The number of nitrogens with zero attached hydrogens (tertiary/aromatic N) is 1. The highest BCUT2D eigenvalue weighted by Crippen LogP contribution is 2.25. The van der Waals surface area contributed by atoms with Crippen LogP contribution in [-0.4, -0.2) is 30.8 Å². The normalized spacial score (nSPS) is 18.2. The minimum Gasteiger partial charge on any atom is -0.474 e. The Bertz CT molecular complexity index is 378. The van der Waals surface area contributed by atoms with Crippen LogP contribution in [-0.2, 0) is 4.74 Å². The lowest BCUT2D eigenvalue weighted by Crippen LogP contribution is -2.27. The van der Waals surface area contributed by atoms with Crippen molar-refractivity contribution >= 4 is 0 Å². The summed E-state index contributed by atoms with van der Waals surface area (Å²) in [6.45, 7) is 6.91. The molecule has 106 valence electrons. The first-order valence-electron chi connectivity index (χ1n) is 7.24. The standard InChI is InChI=1S/C15H24N2O2/c1-3-8-16-12(2)14-5-4-9-17-15(14)19-13-6-10-18-11-7-13/h4-5,9,12-13,16H,3,6-8,10-11H2,1-2H3. The summed E-state index contributed by atoms with van der Waals surface area (Å²) in [5.74, 6) is 0.769. The molecule has 2 rings (SSSR count). The summed E-state index contributed by atoms with van der Waals surface area (Å²) in [6.07, 6.45) is 5.06. The second kappa shape index (κ2) is 7.46. The first-order valence-corrected chi connectivity index (χ1v) is 7.24. The molecule has 1 aliphatic heterocycles. The fourth-order valence-corrected chi connectivity index (χ4v) is 2.25. The number of pyridine rings is 1. The van der Waals surface area contributed by atoms with Crippen molar-refractivity contribution in [1.82, 2.24) is 10.3 Å². The Morgan fingerprint density at radius 2 is 2.26 bits per heavy atom. The number of rotatable bonds is 6. The summed E-state index contributed by atoms with van der Waals surface area (Å²) < 4.78 is 11.4. The minimum atomic E-state index is 0.237. The first kappa shape index (κ1) is 14.3. The molecule has 0 aromatic carbocycles. The predicted octanol–water partition coefficient (Wildman–Crippen LogP) is 2.70. The zero-order valence-electron chi connectivity index (χ0n) is 11.9. The number of aromatic nitrogens is 1. The lowest BCUT2D eigenvalue weighted by atomic mass is 10.1. The van der Waals surface area contributed by atoms with Crippen LogP contribution in [0.2, 0.25) is 0 Å². The van der Waals surface area contributed by atoms with Crippen LogP contribution in [0.3, 0.4) is 0 Å². The van der Waals surface area contributed by atoms with Gasteiger partial charge in [-0.15, -0.1) is 0 Å². The summed E-state index contributed by atoms with van der Waals surface area (Å²) in [5.41, 5.74) is 1.14. The molecule has 0 bridgehead atoms. The third-order valence-electron chi connectivity index (χ3n) is 3.41. The monoisotopic (exact) mass is 264 g/mol. The third-order valence-corrected chi connectivity index (χ3v) is 3.41. The maximum Gasteiger partial charge on any atom is 0.218 e. The molecule has 19 heavy (non-hydrogen) atoms. The molecule has 4 nitrogen and oxygen atoms in total. The Morgan fingerprint density at radius 3 is 3.00 bits per heavy atom. The molecule has 1 atom stereocenters. The van der Waals surface area contributed by atoms with Crippen LogP contribution >= 0.6 is 0 Å². The average Bonchev–Trinajstić information content (AvgIpc) is 2.46. The first-order chi connectivity index (χ1) is 9.31. The van der Waals surface area contributed by atoms with Gasteiger partial charge in [-0.3, -0.25) is 0 Å². The van der Waals surface area contributed by atoms with Crippen molar-refractivity contribution in [3.63, 3.8) is 0 Å². The van der Waals surface area contributed by atoms with Crippen molar-refractivity contribution in [2.45, 2.75) is 45.3 Å². The summed E-state index contributed by atoms with van der Waals surface area (Å²) in [7, 11) is 0. The Morgan fingerprint density at radius 1 is 1.47 bits per heavy atom. The highest BCUT2D eigenvalue weighted by atomic mass is 16.5. The molecule has 1 aliphatic rings. The largest absolute Gasteiger partial charge is 0.474 e. The van der Waals surface area contributed by atoms with Gasteiger partial charge in [-0.1, -0.05) is 13.0 Å². The molecule has 1 aromatic rings. The minimum absolute atomic E-state index is 0.237. The van der Waals surface area contributed by atoms with Crippen LogP contribution in [0.15, 0.2) is 18.3 Å². The van der Waals surface area contributed by atoms with E-state index in [9.17, 15) is 0 Å². The molecule has 4 heteroatoms. The van der Waals surface area contributed by atoms with Crippen molar-refractivity contribution in [1.29, 1.82) is 0 Å². The molecule has 0 aliphatic carbocycles. The van der Waals surface area contributed by atoms with Crippen LogP contribution in [0, 0.1) is 0 Å². The Hall–Kier alpha value is -1.13. The van der Waals surface area contributed by atoms with Crippen molar-refractivity contribution in [2.75, 3.05) is 19.8 Å². The molecule has 0 saturated carbocycles. The van der Waals surface area contributed by atoms with Gasteiger partial charge in [0.2, 0.25) is 5.88 Å². The Labute approximate surface area is 115 Å². The molecule has 0 radical (unpaired) electrons. The van der Waals surface area contributed by atoms with Crippen molar-refractivity contribution in [3.05, 3.63) is 23.9 Å². The summed E-state index contributed by atoms with van der Waals surface area (Å²) >= 11 is 0. The van der Waals surface area contributed by atoms with E-state index < -0.39 is 0 Å². The second-order valence-electron chi connectivity index (χ2n) is 5.00. The van der Waals surface area contributed by atoms with E-state index in [4.69, 9.17) is 9.47 Å². The molecule has 0 amide bonds. The molecule has 1 fully saturated rings. The molecular formula is C15H24N2O2. The van der Waals surface area contributed by atoms with Gasteiger partial charge in [0.05, 0.1) is 13.2 Å². The fraction of sp³-hybridized carbons (Fsp3) is 0.667. The fourth-order valence-electron chi connectivity index (χ4n) is 2.25. The van der Waals surface area contributed by atoms with E-state index in [0.29, 0.717) is 0 Å². The summed E-state index contributed by atoms with van der Waals surface area (Å²) in [6, 6.07) is 4.33. The molecule has 1 saturated heterocycles. The van der Waals surface area contributed by atoms with Crippen molar-refractivity contribution in [2.24, 2.45) is 0 Å². The highest BCUT2D eigenvalue weighted by molar-refractivity contribution is 5.28. The van der Waals surface area contributed by atoms with E-state index in [1.165, 1.54) is 0 Å². The Balaban J connectivity index is 2.02. The van der Waals surface area contributed by atoms with Gasteiger partial charge in [0, 0.05) is 30.6 Å². The summed E-state index contributed by atoms with van der Waals surface area (Å²) in [5, 5.41) is 3.48. The summed E-state index contributed by atoms with van der Waals surface area (Å²) in [4.78, 5) is 4.40. The van der Waals surface area contributed by atoms with E-state index in [-0.39, 0.29) is 12.1 Å². The molecular weight excluding hydrogens is 240 g/mol. The van der Waals surface area contributed by atoms with Gasteiger partial charge >= 0.3 is 0 Å². The lowest BCUT2D eigenvalue weighted by molar-refractivity contribution is 0.0231. The topological polar surface area (TPSA) is 43.4 Å². The SMILES string of the molecule is CCCNC(C)c1cccnc1OC1CCOCC1. The van der Waals surface area contributed by atoms with Crippen LogP contribution < -0.4 is 10.1 Å². The zero-order chi connectivity index (χ0) is 13.5. The van der Waals surface area contributed by atoms with Gasteiger partial charge in [-0.2, -0.15) is 0 Å². The van der Waals surface area contributed by atoms with Crippen molar-refractivity contribution in [3.8, 4) is 5.88 Å². The van der Waals surface area contributed by atoms with Gasteiger partial charge in [0.1, 0.15) is 6.10 Å². The molecule has 1 aromatic heterocycles. The quantitative estimate of drug-likeness (QED) is 0.858. The van der Waals surface area contributed by atoms with Crippen LogP contribution in [0.25, 0.3) is 0 Å². The van der Waals surface area contributed by atoms with Crippen LogP contribution in [0.4, 0.5) is 0 Å². The van der Waals surface area contributed by atoms with Crippen molar-refractivity contribution < 1.29 is 9.47 Å². The average molecular weight is 264 g/mol. The maximum atomic E-state index is 6.06. The number of ether oxygens (including phenoxy) is 2. The third kappa shape index (κ3) is 4.18. The van der Waals surface area contributed by atoms with Gasteiger partial charge in [-0.25, -0.2) is 4.98 Å². The predicted molar refractivity (Wildman–Crippen MR) is 75.4 cm³/mol. The molecule has 2 heterocycles. The zero-order valence-corrected chi connectivity index (χ0v) is 11.9. The maximum absolute atomic E-state index is 6.06. The van der Waals surface area contributed by atoms with E-state index in [0.717, 1.165) is 50.5 Å². The number of nitrogens with one attached hydrogen (secondary N) is 1. The van der Waals surface area contributed by atoms with Gasteiger partial charge < -0.3 is 14.8 Å². The van der Waals surface area contributed by atoms with Crippen LogP contribution in [0.5, 0.6) is 5.88 Å². The van der Waals surface area contributed by atoms with E-state index in [1.54, 1.807) is 6.20 Å².